The van der Waals surface area contributed by atoms with Crippen LogP contribution in [0.3, 0.4) is 0 Å². The molecule has 2 heterocycles. The van der Waals surface area contributed by atoms with Crippen LogP contribution in [-0.4, -0.2) is 26.5 Å². The number of H-pyrrole nitrogens is 1. The Labute approximate surface area is 185 Å². The first-order valence-electron chi connectivity index (χ1n) is 9.84. The Bertz CT molecular complexity index is 1490. The third kappa shape index (κ3) is 3.21. The van der Waals surface area contributed by atoms with E-state index in [9.17, 15) is 29.8 Å². The van der Waals surface area contributed by atoms with Gasteiger partial charge in [0.2, 0.25) is 5.91 Å². The number of non-ortho nitro benzene ring substituents is 2. The zero-order valence-electron chi connectivity index (χ0n) is 16.8. The SMILES string of the molecule is O=C1Nc2ccccc2C(=O)C1c1c(-c2ccc([N+](=O)[O-])cc2)[nH]c2cc([N+](=O)[O-])ccc12. The zero-order valence-corrected chi connectivity index (χ0v) is 16.8. The molecule has 1 aliphatic heterocycles. The van der Waals surface area contributed by atoms with Crippen molar-refractivity contribution in [3.8, 4) is 11.3 Å². The van der Waals surface area contributed by atoms with Crippen LogP contribution in [0.2, 0.25) is 0 Å². The van der Waals surface area contributed by atoms with Crippen LogP contribution >= 0.6 is 0 Å². The molecule has 1 aliphatic rings. The average molecular weight is 442 g/mol. The van der Waals surface area contributed by atoms with Crippen molar-refractivity contribution >= 4 is 39.7 Å². The number of ketones is 1. The van der Waals surface area contributed by atoms with Crippen LogP contribution in [0.15, 0.2) is 66.7 Å². The van der Waals surface area contributed by atoms with Crippen molar-refractivity contribution in [1.29, 1.82) is 0 Å². The molecule has 0 saturated heterocycles. The third-order valence-electron chi connectivity index (χ3n) is 5.66. The average Bonchev–Trinajstić information content (AvgIpc) is 3.17. The molecule has 162 valence electrons. The maximum absolute atomic E-state index is 13.4. The molecule has 1 atom stereocenters. The number of rotatable bonds is 4. The molecule has 2 N–H and O–H groups in total. The second-order valence-corrected chi connectivity index (χ2v) is 7.54. The van der Waals surface area contributed by atoms with Gasteiger partial charge in [0, 0.05) is 40.8 Å². The molecule has 5 rings (SSSR count). The van der Waals surface area contributed by atoms with Crippen LogP contribution in [0.25, 0.3) is 22.2 Å². The zero-order chi connectivity index (χ0) is 23.3. The van der Waals surface area contributed by atoms with Crippen LogP contribution in [0.1, 0.15) is 21.8 Å². The smallest absolute Gasteiger partial charge is 0.271 e. The van der Waals surface area contributed by atoms with Crippen LogP contribution < -0.4 is 5.32 Å². The van der Waals surface area contributed by atoms with Gasteiger partial charge in [-0.05, 0) is 35.9 Å². The van der Waals surface area contributed by atoms with E-state index in [2.05, 4.69) is 10.3 Å². The van der Waals surface area contributed by atoms with E-state index < -0.39 is 27.5 Å². The van der Waals surface area contributed by atoms with Crippen LogP contribution in [0.5, 0.6) is 0 Å². The summed E-state index contributed by atoms with van der Waals surface area (Å²) >= 11 is 0. The fourth-order valence-corrected chi connectivity index (χ4v) is 4.15. The summed E-state index contributed by atoms with van der Waals surface area (Å²) in [5.41, 5.74) is 2.09. The molecule has 0 fully saturated rings. The monoisotopic (exact) mass is 442 g/mol. The van der Waals surface area contributed by atoms with E-state index in [0.717, 1.165) is 0 Å². The number of hydrogen-bond donors (Lipinski definition) is 2. The van der Waals surface area contributed by atoms with Gasteiger partial charge in [-0.1, -0.05) is 12.1 Å². The number of fused-ring (bicyclic) bond motifs is 2. The molecule has 3 aromatic carbocycles. The minimum atomic E-state index is -1.21. The number of hydrogen-bond acceptors (Lipinski definition) is 6. The van der Waals surface area contributed by atoms with E-state index in [-0.39, 0.29) is 11.4 Å². The Kier molecular flexibility index (Phi) is 4.49. The third-order valence-corrected chi connectivity index (χ3v) is 5.66. The van der Waals surface area contributed by atoms with E-state index in [1.54, 1.807) is 24.3 Å². The lowest BCUT2D eigenvalue weighted by Gasteiger charge is -2.24. The summed E-state index contributed by atoms with van der Waals surface area (Å²) in [5.74, 6) is -2.14. The Balaban J connectivity index is 1.75. The van der Waals surface area contributed by atoms with Gasteiger partial charge in [0.05, 0.1) is 26.7 Å². The number of Topliss-reactive ketones (excluding diaryl/α,β-unsaturated/α-hetero) is 1. The second-order valence-electron chi connectivity index (χ2n) is 7.54. The molecular formula is C23H14N4O6. The van der Waals surface area contributed by atoms with Gasteiger partial charge >= 0.3 is 0 Å². The van der Waals surface area contributed by atoms with E-state index >= 15 is 0 Å². The first-order chi connectivity index (χ1) is 15.8. The lowest BCUT2D eigenvalue weighted by atomic mass is 9.83. The Morgan fingerprint density at radius 3 is 2.18 bits per heavy atom. The van der Waals surface area contributed by atoms with E-state index in [1.807, 2.05) is 0 Å². The summed E-state index contributed by atoms with van der Waals surface area (Å²) in [7, 11) is 0. The van der Waals surface area contributed by atoms with Crippen molar-refractivity contribution in [2.75, 3.05) is 5.32 Å². The predicted molar refractivity (Wildman–Crippen MR) is 119 cm³/mol. The fourth-order valence-electron chi connectivity index (χ4n) is 4.15. The van der Waals surface area contributed by atoms with Gasteiger partial charge in [0.25, 0.3) is 11.4 Å². The maximum atomic E-state index is 13.4. The number of carbonyl (C=O) groups is 2. The van der Waals surface area contributed by atoms with Crippen LogP contribution in [0.4, 0.5) is 17.1 Å². The molecule has 0 saturated carbocycles. The minimum Gasteiger partial charge on any atom is -0.354 e. The molecule has 0 bridgehead atoms. The number of nitrogens with one attached hydrogen (secondary N) is 2. The first-order valence-corrected chi connectivity index (χ1v) is 9.84. The number of benzene rings is 3. The molecule has 10 heteroatoms. The summed E-state index contributed by atoms with van der Waals surface area (Å²) in [4.78, 5) is 50.8. The number of aromatic nitrogens is 1. The number of carbonyl (C=O) groups excluding carboxylic acids is 2. The standard InChI is InChI=1S/C23H14N4O6/c28-22-16-3-1-2-4-17(16)25-23(29)20(22)19-15-10-9-14(27(32)33)11-18(15)24-21(19)12-5-7-13(8-6-12)26(30)31/h1-11,20,24H,(H,25,29). The molecule has 1 amide bonds. The van der Waals surface area contributed by atoms with Crippen molar-refractivity contribution in [3.05, 3.63) is 98.1 Å². The molecular weight excluding hydrogens is 428 g/mol. The van der Waals surface area contributed by atoms with E-state index in [0.29, 0.717) is 39.0 Å². The highest BCUT2D eigenvalue weighted by Gasteiger charge is 2.39. The molecule has 0 aliphatic carbocycles. The maximum Gasteiger partial charge on any atom is 0.271 e. The Hall–Kier alpha value is -4.86. The molecule has 1 aromatic heterocycles. The van der Waals surface area contributed by atoms with Gasteiger partial charge in [0.1, 0.15) is 5.92 Å². The lowest BCUT2D eigenvalue weighted by Crippen LogP contribution is -2.33. The predicted octanol–water partition coefficient (Wildman–Crippen LogP) is 4.57. The van der Waals surface area contributed by atoms with Gasteiger partial charge in [0.15, 0.2) is 5.78 Å². The normalized spacial score (nSPS) is 15.2. The Morgan fingerprint density at radius 2 is 1.48 bits per heavy atom. The van der Waals surface area contributed by atoms with Gasteiger partial charge < -0.3 is 10.3 Å². The largest absolute Gasteiger partial charge is 0.354 e. The number of aromatic amines is 1. The quantitative estimate of drug-likeness (QED) is 0.269. The van der Waals surface area contributed by atoms with Crippen LogP contribution in [0, 0.1) is 20.2 Å². The molecule has 4 aromatic rings. The van der Waals surface area contributed by atoms with Gasteiger partial charge in [-0.25, -0.2) is 0 Å². The van der Waals surface area contributed by atoms with Gasteiger partial charge in [-0.2, -0.15) is 0 Å². The molecule has 10 nitrogen and oxygen atoms in total. The number of nitrogens with zero attached hydrogens (tertiary/aromatic N) is 2. The summed E-state index contributed by atoms with van der Waals surface area (Å²) < 4.78 is 0. The van der Waals surface area contributed by atoms with Crippen molar-refractivity contribution in [1.82, 2.24) is 4.98 Å². The number of nitro groups is 2. The first kappa shape index (κ1) is 20.1. The molecule has 1 unspecified atom stereocenters. The van der Waals surface area contributed by atoms with Crippen molar-refractivity contribution < 1.29 is 19.4 Å². The number of nitro benzene ring substituents is 2. The Morgan fingerprint density at radius 1 is 0.818 bits per heavy atom. The molecule has 0 spiro atoms. The minimum absolute atomic E-state index is 0.118. The summed E-state index contributed by atoms with van der Waals surface area (Å²) in [6, 6.07) is 16.4. The number of para-hydroxylation sites is 1. The van der Waals surface area contributed by atoms with Gasteiger partial charge in [-0.15, -0.1) is 0 Å². The molecule has 0 radical (unpaired) electrons. The second kappa shape index (κ2) is 7.38. The highest BCUT2D eigenvalue weighted by molar-refractivity contribution is 6.26. The highest BCUT2D eigenvalue weighted by atomic mass is 16.6. The fraction of sp³-hybridized carbons (Fsp3) is 0.0435. The highest BCUT2D eigenvalue weighted by Crippen LogP contribution is 2.41. The van der Waals surface area contributed by atoms with Crippen molar-refractivity contribution in [2.45, 2.75) is 5.92 Å². The van der Waals surface area contributed by atoms with E-state index in [4.69, 9.17) is 0 Å². The van der Waals surface area contributed by atoms with Crippen LogP contribution in [-0.2, 0) is 4.79 Å². The lowest BCUT2D eigenvalue weighted by molar-refractivity contribution is -0.385. The van der Waals surface area contributed by atoms with Crippen molar-refractivity contribution in [2.24, 2.45) is 0 Å². The topological polar surface area (TPSA) is 148 Å². The summed E-state index contributed by atoms with van der Waals surface area (Å²) in [6.45, 7) is 0. The molecule has 33 heavy (non-hydrogen) atoms. The number of amides is 1. The summed E-state index contributed by atoms with van der Waals surface area (Å²) in [6.07, 6.45) is 0. The number of anilines is 1. The van der Waals surface area contributed by atoms with E-state index in [1.165, 1.54) is 42.5 Å². The van der Waals surface area contributed by atoms with Crippen molar-refractivity contribution in [3.63, 3.8) is 0 Å². The summed E-state index contributed by atoms with van der Waals surface area (Å²) in [5, 5.41) is 25.5. The van der Waals surface area contributed by atoms with Gasteiger partial charge in [-0.3, -0.25) is 29.8 Å².